The Labute approximate surface area is 159 Å². The fourth-order valence-corrected chi connectivity index (χ4v) is 3.17. The number of benzene rings is 1. The van der Waals surface area contributed by atoms with Crippen LogP contribution in [0.25, 0.3) is 0 Å². The molecule has 3 amide bonds. The van der Waals surface area contributed by atoms with Gasteiger partial charge in [0.15, 0.2) is 0 Å². The van der Waals surface area contributed by atoms with Crippen LogP contribution in [-0.4, -0.2) is 67.8 Å². The van der Waals surface area contributed by atoms with E-state index in [4.69, 9.17) is 16.7 Å². The van der Waals surface area contributed by atoms with Crippen molar-refractivity contribution in [2.45, 2.75) is 12.8 Å². The van der Waals surface area contributed by atoms with Crippen LogP contribution in [0.2, 0.25) is 5.02 Å². The molecule has 1 saturated heterocycles. The summed E-state index contributed by atoms with van der Waals surface area (Å²) in [4.78, 5) is 26.0. The first-order valence-electron chi connectivity index (χ1n) is 8.97. The number of halogens is 1. The molecule has 1 aliphatic heterocycles. The van der Waals surface area contributed by atoms with Gasteiger partial charge in [-0.25, -0.2) is 4.79 Å². The minimum absolute atomic E-state index is 0.193. The number of amides is 3. The van der Waals surface area contributed by atoms with E-state index in [0.717, 1.165) is 32.5 Å². The molecule has 2 rings (SSSR count). The largest absolute Gasteiger partial charge is 0.395 e. The van der Waals surface area contributed by atoms with Gasteiger partial charge in [0, 0.05) is 26.2 Å². The Morgan fingerprint density at radius 2 is 1.81 bits per heavy atom. The zero-order chi connectivity index (χ0) is 18.8. The predicted molar refractivity (Wildman–Crippen MR) is 101 cm³/mol. The number of carbonyl (C=O) groups excluding carboxylic acids is 2. The van der Waals surface area contributed by atoms with Crippen LogP contribution in [0, 0.1) is 5.92 Å². The summed E-state index contributed by atoms with van der Waals surface area (Å²) in [6.45, 7) is 4.16. The molecule has 4 N–H and O–H groups in total. The minimum atomic E-state index is -0.257. The maximum atomic E-state index is 12.0. The molecule has 8 heteroatoms. The van der Waals surface area contributed by atoms with Crippen LogP contribution >= 0.6 is 11.6 Å². The molecule has 1 fully saturated rings. The number of hydrogen-bond acceptors (Lipinski definition) is 4. The second-order valence-electron chi connectivity index (χ2n) is 6.38. The lowest BCUT2D eigenvalue weighted by atomic mass is 9.97. The molecule has 0 radical (unpaired) electrons. The SMILES string of the molecule is O=C(NCCNC(=O)c1ccccc1Cl)NCC1CCN(CCO)CC1. The van der Waals surface area contributed by atoms with Gasteiger partial charge in [0.25, 0.3) is 5.91 Å². The highest BCUT2D eigenvalue weighted by atomic mass is 35.5. The molecule has 0 aromatic heterocycles. The highest BCUT2D eigenvalue weighted by Crippen LogP contribution is 2.16. The summed E-state index contributed by atoms with van der Waals surface area (Å²) in [5.41, 5.74) is 0.422. The Morgan fingerprint density at radius 1 is 1.12 bits per heavy atom. The second-order valence-corrected chi connectivity index (χ2v) is 6.79. The molecule has 0 aliphatic carbocycles. The number of aliphatic hydroxyl groups excluding tert-OH is 1. The molecule has 1 heterocycles. The number of carbonyl (C=O) groups is 2. The van der Waals surface area contributed by atoms with E-state index in [1.807, 2.05) is 0 Å². The summed E-state index contributed by atoms with van der Waals surface area (Å²) in [5, 5.41) is 17.7. The molecule has 1 aromatic rings. The summed E-state index contributed by atoms with van der Waals surface area (Å²) in [7, 11) is 0. The van der Waals surface area contributed by atoms with Crippen LogP contribution in [0.4, 0.5) is 4.79 Å². The van der Waals surface area contributed by atoms with Crippen molar-refractivity contribution >= 4 is 23.5 Å². The van der Waals surface area contributed by atoms with Gasteiger partial charge in [0.1, 0.15) is 0 Å². The van der Waals surface area contributed by atoms with E-state index in [1.54, 1.807) is 24.3 Å². The van der Waals surface area contributed by atoms with Gasteiger partial charge in [0.2, 0.25) is 0 Å². The van der Waals surface area contributed by atoms with Crippen LogP contribution in [-0.2, 0) is 0 Å². The molecule has 0 saturated carbocycles. The standard InChI is InChI=1S/C18H27ClN4O3/c19-16-4-2-1-3-15(16)17(25)20-7-8-21-18(26)22-13-14-5-9-23(10-6-14)11-12-24/h1-4,14,24H,5-13H2,(H,20,25)(H2,21,22,26). The fraction of sp³-hybridized carbons (Fsp3) is 0.556. The quantitative estimate of drug-likeness (QED) is 0.506. The van der Waals surface area contributed by atoms with Gasteiger partial charge >= 0.3 is 6.03 Å². The second kappa shape index (κ2) is 11.0. The zero-order valence-electron chi connectivity index (χ0n) is 14.8. The van der Waals surface area contributed by atoms with E-state index in [2.05, 4.69) is 20.9 Å². The van der Waals surface area contributed by atoms with Gasteiger partial charge in [-0.05, 0) is 44.0 Å². The summed E-state index contributed by atoms with van der Waals surface area (Å²) in [6, 6.07) is 6.61. The van der Waals surface area contributed by atoms with Crippen molar-refractivity contribution in [3.63, 3.8) is 0 Å². The normalized spacial score (nSPS) is 15.5. The maximum Gasteiger partial charge on any atom is 0.314 e. The Bertz CT molecular complexity index is 592. The van der Waals surface area contributed by atoms with E-state index in [0.29, 0.717) is 36.1 Å². The van der Waals surface area contributed by atoms with Crippen molar-refractivity contribution in [1.82, 2.24) is 20.9 Å². The summed E-state index contributed by atoms with van der Waals surface area (Å²) >= 11 is 5.97. The van der Waals surface area contributed by atoms with Gasteiger partial charge < -0.3 is 26.0 Å². The zero-order valence-corrected chi connectivity index (χ0v) is 15.6. The van der Waals surface area contributed by atoms with Gasteiger partial charge in [0.05, 0.1) is 17.2 Å². The van der Waals surface area contributed by atoms with Crippen molar-refractivity contribution in [2.75, 3.05) is 45.9 Å². The molecule has 7 nitrogen and oxygen atoms in total. The molecule has 144 valence electrons. The van der Waals surface area contributed by atoms with Crippen molar-refractivity contribution in [3.8, 4) is 0 Å². The lowest BCUT2D eigenvalue weighted by molar-refractivity contribution is 0.0954. The van der Waals surface area contributed by atoms with E-state index < -0.39 is 0 Å². The molecule has 0 bridgehead atoms. The molecule has 1 aromatic carbocycles. The van der Waals surface area contributed by atoms with E-state index in [-0.39, 0.29) is 18.5 Å². The van der Waals surface area contributed by atoms with Crippen molar-refractivity contribution < 1.29 is 14.7 Å². The Kier molecular flexibility index (Phi) is 8.67. The van der Waals surface area contributed by atoms with Crippen LogP contribution in [0.5, 0.6) is 0 Å². The third-order valence-electron chi connectivity index (χ3n) is 4.49. The van der Waals surface area contributed by atoms with Gasteiger partial charge in [-0.3, -0.25) is 4.79 Å². The summed E-state index contributed by atoms with van der Waals surface area (Å²) in [5.74, 6) is 0.211. The van der Waals surface area contributed by atoms with Gasteiger partial charge in [-0.1, -0.05) is 23.7 Å². The van der Waals surface area contributed by atoms with Gasteiger partial charge in [-0.15, -0.1) is 0 Å². The Morgan fingerprint density at radius 3 is 2.50 bits per heavy atom. The highest BCUT2D eigenvalue weighted by molar-refractivity contribution is 6.33. The number of rotatable bonds is 8. The first-order valence-corrected chi connectivity index (χ1v) is 9.35. The van der Waals surface area contributed by atoms with Gasteiger partial charge in [-0.2, -0.15) is 0 Å². The summed E-state index contributed by atoms with van der Waals surface area (Å²) < 4.78 is 0. The number of β-amino-alcohol motifs (C(OH)–C–C–N with tert-alkyl or cyclic N) is 1. The predicted octanol–water partition coefficient (Wildman–Crippen LogP) is 1.07. The first kappa shape index (κ1) is 20.5. The smallest absolute Gasteiger partial charge is 0.314 e. The van der Waals surface area contributed by atoms with Crippen LogP contribution < -0.4 is 16.0 Å². The van der Waals surface area contributed by atoms with Crippen molar-refractivity contribution in [3.05, 3.63) is 34.9 Å². The lowest BCUT2D eigenvalue weighted by Crippen LogP contribution is -2.44. The monoisotopic (exact) mass is 382 g/mol. The number of hydrogen-bond donors (Lipinski definition) is 4. The van der Waals surface area contributed by atoms with Crippen LogP contribution in [0.3, 0.4) is 0 Å². The third-order valence-corrected chi connectivity index (χ3v) is 4.82. The molecule has 26 heavy (non-hydrogen) atoms. The van der Waals surface area contributed by atoms with Crippen LogP contribution in [0.15, 0.2) is 24.3 Å². The van der Waals surface area contributed by atoms with Crippen molar-refractivity contribution in [1.29, 1.82) is 0 Å². The molecule has 1 aliphatic rings. The average molecular weight is 383 g/mol. The number of nitrogens with one attached hydrogen (secondary N) is 3. The maximum absolute atomic E-state index is 12.0. The topological polar surface area (TPSA) is 93.7 Å². The Hall–Kier alpha value is -1.83. The Balaban J connectivity index is 1.55. The highest BCUT2D eigenvalue weighted by Gasteiger charge is 2.19. The minimum Gasteiger partial charge on any atom is -0.395 e. The molecular weight excluding hydrogens is 356 g/mol. The number of likely N-dealkylation sites (tertiary alicyclic amines) is 1. The molecule has 0 spiro atoms. The first-order chi connectivity index (χ1) is 12.6. The molecule has 0 atom stereocenters. The number of nitrogens with zero attached hydrogens (tertiary/aromatic N) is 1. The fourth-order valence-electron chi connectivity index (χ4n) is 2.95. The number of aliphatic hydroxyl groups is 1. The number of piperidine rings is 1. The van der Waals surface area contributed by atoms with E-state index in [9.17, 15) is 9.59 Å². The average Bonchev–Trinajstić information content (AvgIpc) is 2.65. The summed E-state index contributed by atoms with van der Waals surface area (Å²) in [6.07, 6.45) is 2.04. The lowest BCUT2D eigenvalue weighted by Gasteiger charge is -2.31. The molecule has 0 unspecified atom stereocenters. The third kappa shape index (κ3) is 6.82. The number of urea groups is 1. The van der Waals surface area contributed by atoms with Crippen molar-refractivity contribution in [2.24, 2.45) is 5.92 Å². The van der Waals surface area contributed by atoms with E-state index >= 15 is 0 Å². The molecular formula is C18H27ClN4O3. The van der Waals surface area contributed by atoms with Crippen LogP contribution in [0.1, 0.15) is 23.2 Å². The van der Waals surface area contributed by atoms with E-state index in [1.165, 1.54) is 0 Å².